The van der Waals surface area contributed by atoms with Gasteiger partial charge in [-0.05, 0) is 31.0 Å². The minimum absolute atomic E-state index is 0.215. The number of carboxylic acids is 1. The Morgan fingerprint density at radius 1 is 1.42 bits per heavy atom. The van der Waals surface area contributed by atoms with E-state index >= 15 is 0 Å². The van der Waals surface area contributed by atoms with Crippen LogP contribution in [0.2, 0.25) is 5.02 Å². The number of carboxylic acid groups (broad SMARTS) is 1. The number of aromatic nitrogens is 3. The number of rotatable bonds is 3. The summed E-state index contributed by atoms with van der Waals surface area (Å²) in [4.78, 5) is 15.0. The van der Waals surface area contributed by atoms with Crippen LogP contribution in [0, 0.1) is 13.8 Å². The first kappa shape index (κ1) is 13.5. The highest BCUT2D eigenvalue weighted by Crippen LogP contribution is 2.26. The van der Waals surface area contributed by atoms with Crippen molar-refractivity contribution in [1.82, 2.24) is 14.8 Å². The molecule has 0 saturated heterocycles. The molecule has 1 aromatic heterocycles. The number of benzene rings is 1. The third kappa shape index (κ3) is 2.46. The molecule has 5 nitrogen and oxygen atoms in total. The van der Waals surface area contributed by atoms with Crippen LogP contribution in [0.4, 0.5) is 0 Å². The summed E-state index contributed by atoms with van der Waals surface area (Å²) in [6.45, 7) is 5.76. The number of nitrogens with zero attached hydrogens (tertiary/aromatic N) is 3. The minimum atomic E-state index is -1.14. The molecule has 0 spiro atoms. The molecule has 0 amide bonds. The van der Waals surface area contributed by atoms with Gasteiger partial charge in [-0.25, -0.2) is 14.5 Å². The van der Waals surface area contributed by atoms with Crippen molar-refractivity contribution in [3.05, 3.63) is 39.9 Å². The Balaban J connectivity index is 2.68. The summed E-state index contributed by atoms with van der Waals surface area (Å²) in [6, 6.07) is 3.80. The molecule has 0 atom stereocenters. The molecule has 1 N–H and O–H groups in total. The van der Waals surface area contributed by atoms with Crippen molar-refractivity contribution in [2.24, 2.45) is 0 Å². The van der Waals surface area contributed by atoms with E-state index in [0.717, 1.165) is 11.1 Å². The lowest BCUT2D eigenvalue weighted by Crippen LogP contribution is -2.06. The average molecular weight is 280 g/mol. The van der Waals surface area contributed by atoms with Crippen LogP contribution in [0.3, 0.4) is 0 Å². The lowest BCUT2D eigenvalue weighted by atomic mass is 10.1. The Morgan fingerprint density at radius 3 is 2.63 bits per heavy atom. The van der Waals surface area contributed by atoms with Gasteiger partial charge < -0.3 is 5.11 Å². The van der Waals surface area contributed by atoms with Gasteiger partial charge in [0, 0.05) is 6.42 Å². The van der Waals surface area contributed by atoms with E-state index in [1.165, 1.54) is 4.68 Å². The van der Waals surface area contributed by atoms with Crippen molar-refractivity contribution in [2.45, 2.75) is 27.2 Å². The number of aromatic carboxylic acids is 1. The van der Waals surface area contributed by atoms with E-state index in [-0.39, 0.29) is 5.82 Å². The van der Waals surface area contributed by atoms with Crippen LogP contribution in [0.15, 0.2) is 12.1 Å². The molecule has 19 heavy (non-hydrogen) atoms. The summed E-state index contributed by atoms with van der Waals surface area (Å²) in [7, 11) is 0. The molecular formula is C13H14ClN3O2. The van der Waals surface area contributed by atoms with E-state index < -0.39 is 5.97 Å². The Kier molecular flexibility index (Phi) is 3.57. The normalized spacial score (nSPS) is 10.7. The molecule has 0 unspecified atom stereocenters. The lowest BCUT2D eigenvalue weighted by molar-refractivity contribution is 0.0683. The number of carbonyl (C=O) groups is 1. The fourth-order valence-corrected chi connectivity index (χ4v) is 2.42. The van der Waals surface area contributed by atoms with Crippen LogP contribution in [-0.4, -0.2) is 25.8 Å². The molecule has 0 aliphatic heterocycles. The smallest absolute Gasteiger partial charge is 0.375 e. The molecule has 1 aromatic carbocycles. The van der Waals surface area contributed by atoms with E-state index in [1.54, 1.807) is 0 Å². The van der Waals surface area contributed by atoms with Crippen molar-refractivity contribution in [2.75, 3.05) is 0 Å². The van der Waals surface area contributed by atoms with Crippen molar-refractivity contribution in [3.63, 3.8) is 0 Å². The van der Waals surface area contributed by atoms with Crippen LogP contribution in [0.1, 0.15) is 34.5 Å². The molecule has 2 rings (SSSR count). The van der Waals surface area contributed by atoms with Gasteiger partial charge in [0.15, 0.2) is 0 Å². The zero-order valence-corrected chi connectivity index (χ0v) is 11.7. The Morgan fingerprint density at radius 2 is 2.11 bits per heavy atom. The molecule has 0 aliphatic rings. The van der Waals surface area contributed by atoms with Crippen molar-refractivity contribution >= 4 is 17.6 Å². The van der Waals surface area contributed by atoms with Crippen LogP contribution >= 0.6 is 11.6 Å². The van der Waals surface area contributed by atoms with Gasteiger partial charge in [0.1, 0.15) is 5.82 Å². The Bertz CT molecular complexity index is 626. The summed E-state index contributed by atoms with van der Waals surface area (Å²) < 4.78 is 1.51. The number of aryl methyl sites for hydroxylation is 3. The molecule has 1 heterocycles. The summed E-state index contributed by atoms with van der Waals surface area (Å²) >= 11 is 6.25. The van der Waals surface area contributed by atoms with E-state index in [9.17, 15) is 4.79 Å². The summed E-state index contributed by atoms with van der Waals surface area (Å²) in [5.41, 5.74) is 2.66. The van der Waals surface area contributed by atoms with Gasteiger partial charge in [0.05, 0.1) is 10.7 Å². The van der Waals surface area contributed by atoms with Gasteiger partial charge >= 0.3 is 5.97 Å². The number of halogens is 1. The second-order valence-electron chi connectivity index (χ2n) is 4.33. The summed E-state index contributed by atoms with van der Waals surface area (Å²) in [5.74, 6) is -0.784. The van der Waals surface area contributed by atoms with Crippen LogP contribution < -0.4 is 0 Å². The lowest BCUT2D eigenvalue weighted by Gasteiger charge is -2.11. The Hall–Kier alpha value is -1.88. The highest BCUT2D eigenvalue weighted by Gasteiger charge is 2.18. The van der Waals surface area contributed by atoms with Crippen LogP contribution in [0.5, 0.6) is 0 Å². The molecule has 0 radical (unpaired) electrons. The quantitative estimate of drug-likeness (QED) is 0.938. The second-order valence-corrected chi connectivity index (χ2v) is 4.74. The van der Waals surface area contributed by atoms with Gasteiger partial charge in [0.2, 0.25) is 0 Å². The standard InChI is InChI=1S/C13H14ClN3O2/c1-4-10-15-12(13(18)19)16-17(10)11-8(3)5-7(2)6-9(11)14/h5-6H,4H2,1-3H3,(H,18,19). The summed E-state index contributed by atoms with van der Waals surface area (Å²) in [5, 5.41) is 13.5. The molecule has 0 saturated carbocycles. The van der Waals surface area contributed by atoms with Gasteiger partial charge in [0.25, 0.3) is 5.82 Å². The predicted octanol–water partition coefficient (Wildman–Crippen LogP) is 2.80. The highest BCUT2D eigenvalue weighted by atomic mass is 35.5. The largest absolute Gasteiger partial charge is 0.475 e. The molecule has 2 aromatic rings. The first-order valence-corrected chi connectivity index (χ1v) is 6.28. The molecule has 100 valence electrons. The third-order valence-corrected chi connectivity index (χ3v) is 3.08. The Labute approximate surface area is 115 Å². The SMILES string of the molecule is CCc1nc(C(=O)O)nn1-c1c(C)cc(C)cc1Cl. The van der Waals surface area contributed by atoms with Crippen molar-refractivity contribution in [3.8, 4) is 5.69 Å². The number of hydrogen-bond donors (Lipinski definition) is 1. The van der Waals surface area contributed by atoms with Gasteiger partial charge in [-0.2, -0.15) is 0 Å². The topological polar surface area (TPSA) is 68.0 Å². The first-order chi connectivity index (χ1) is 8.93. The second kappa shape index (κ2) is 5.01. The zero-order valence-electron chi connectivity index (χ0n) is 10.9. The van der Waals surface area contributed by atoms with E-state index in [2.05, 4.69) is 10.1 Å². The van der Waals surface area contributed by atoms with Crippen LogP contribution in [0.25, 0.3) is 5.69 Å². The molecule has 0 fully saturated rings. The summed E-state index contributed by atoms with van der Waals surface area (Å²) in [6.07, 6.45) is 0.573. The zero-order chi connectivity index (χ0) is 14.2. The molecule has 0 bridgehead atoms. The first-order valence-electron chi connectivity index (χ1n) is 5.90. The van der Waals surface area contributed by atoms with Gasteiger partial charge in [-0.1, -0.05) is 24.6 Å². The fraction of sp³-hybridized carbons (Fsp3) is 0.308. The average Bonchev–Trinajstić information content (AvgIpc) is 2.71. The number of hydrogen-bond acceptors (Lipinski definition) is 3. The van der Waals surface area contributed by atoms with E-state index in [1.807, 2.05) is 32.9 Å². The monoisotopic (exact) mass is 279 g/mol. The van der Waals surface area contributed by atoms with Crippen LogP contribution in [-0.2, 0) is 6.42 Å². The molecule has 6 heteroatoms. The maximum absolute atomic E-state index is 11.0. The van der Waals surface area contributed by atoms with Crippen molar-refractivity contribution < 1.29 is 9.90 Å². The molecule has 0 aliphatic carbocycles. The highest BCUT2D eigenvalue weighted by molar-refractivity contribution is 6.32. The maximum atomic E-state index is 11.0. The predicted molar refractivity (Wildman–Crippen MR) is 72.2 cm³/mol. The van der Waals surface area contributed by atoms with Crippen molar-refractivity contribution in [1.29, 1.82) is 0 Å². The minimum Gasteiger partial charge on any atom is -0.475 e. The molecular weight excluding hydrogens is 266 g/mol. The van der Waals surface area contributed by atoms with E-state index in [0.29, 0.717) is 23.0 Å². The maximum Gasteiger partial charge on any atom is 0.375 e. The fourth-order valence-electron chi connectivity index (χ4n) is 2.02. The van der Waals surface area contributed by atoms with E-state index in [4.69, 9.17) is 16.7 Å². The van der Waals surface area contributed by atoms with Gasteiger partial charge in [-0.3, -0.25) is 0 Å². The third-order valence-electron chi connectivity index (χ3n) is 2.79. The van der Waals surface area contributed by atoms with Gasteiger partial charge in [-0.15, -0.1) is 5.10 Å².